The summed E-state index contributed by atoms with van der Waals surface area (Å²) in [6.07, 6.45) is 1.93. The molecule has 3 rings (SSSR count). The summed E-state index contributed by atoms with van der Waals surface area (Å²) in [5.41, 5.74) is 1.95. The molecular weight excluding hydrogens is 278 g/mol. The standard InChI is InChI=1S/C16H23N5O/c1-11(2)17-15(22)13-7-5-9-20(10-13)16-19-18-14-8-4-6-12(3)21(14)16/h4,6,8,11,13H,5,7,9-10H2,1-3H3,(H,17,22). The Bertz CT molecular complexity index is 678. The number of fused-ring (bicyclic) bond motifs is 1. The summed E-state index contributed by atoms with van der Waals surface area (Å²) < 4.78 is 2.06. The van der Waals surface area contributed by atoms with Gasteiger partial charge in [0.25, 0.3) is 0 Å². The normalized spacial score (nSPS) is 18.9. The maximum Gasteiger partial charge on any atom is 0.231 e. The lowest BCUT2D eigenvalue weighted by molar-refractivity contribution is -0.125. The van der Waals surface area contributed by atoms with Crippen LogP contribution in [0.2, 0.25) is 0 Å². The van der Waals surface area contributed by atoms with Crippen molar-refractivity contribution in [1.29, 1.82) is 0 Å². The van der Waals surface area contributed by atoms with Crippen LogP contribution < -0.4 is 10.2 Å². The van der Waals surface area contributed by atoms with E-state index in [4.69, 9.17) is 0 Å². The number of aryl methyl sites for hydroxylation is 1. The fraction of sp³-hybridized carbons (Fsp3) is 0.562. The van der Waals surface area contributed by atoms with Gasteiger partial charge in [-0.25, -0.2) is 0 Å². The molecule has 1 unspecified atom stereocenters. The van der Waals surface area contributed by atoms with Gasteiger partial charge in [0.1, 0.15) is 0 Å². The quantitative estimate of drug-likeness (QED) is 0.938. The lowest BCUT2D eigenvalue weighted by Gasteiger charge is -2.32. The highest BCUT2D eigenvalue weighted by Gasteiger charge is 2.28. The summed E-state index contributed by atoms with van der Waals surface area (Å²) in [6, 6.07) is 6.17. The first-order chi connectivity index (χ1) is 10.6. The highest BCUT2D eigenvalue weighted by Crippen LogP contribution is 2.23. The number of rotatable bonds is 3. The van der Waals surface area contributed by atoms with E-state index in [2.05, 4.69) is 24.8 Å². The Morgan fingerprint density at radius 3 is 2.95 bits per heavy atom. The molecule has 2 aromatic rings. The summed E-state index contributed by atoms with van der Waals surface area (Å²) >= 11 is 0. The molecule has 1 aliphatic rings. The smallest absolute Gasteiger partial charge is 0.231 e. The van der Waals surface area contributed by atoms with Crippen LogP contribution in [0, 0.1) is 12.8 Å². The van der Waals surface area contributed by atoms with Crippen molar-refractivity contribution in [2.75, 3.05) is 18.0 Å². The number of carbonyl (C=O) groups is 1. The van der Waals surface area contributed by atoms with Crippen LogP contribution >= 0.6 is 0 Å². The van der Waals surface area contributed by atoms with Gasteiger partial charge >= 0.3 is 0 Å². The predicted molar refractivity (Wildman–Crippen MR) is 85.9 cm³/mol. The van der Waals surface area contributed by atoms with E-state index in [-0.39, 0.29) is 17.9 Å². The van der Waals surface area contributed by atoms with Gasteiger partial charge in [0, 0.05) is 24.8 Å². The molecule has 0 radical (unpaired) electrons. The number of anilines is 1. The van der Waals surface area contributed by atoms with Crippen LogP contribution in [0.4, 0.5) is 5.95 Å². The summed E-state index contributed by atoms with van der Waals surface area (Å²) in [6.45, 7) is 7.66. The van der Waals surface area contributed by atoms with E-state index < -0.39 is 0 Å². The Kier molecular flexibility index (Phi) is 4.00. The number of hydrogen-bond donors (Lipinski definition) is 1. The molecule has 1 N–H and O–H groups in total. The highest BCUT2D eigenvalue weighted by molar-refractivity contribution is 5.79. The minimum atomic E-state index is 0.0209. The van der Waals surface area contributed by atoms with E-state index in [1.165, 1.54) is 0 Å². The van der Waals surface area contributed by atoms with Crippen molar-refractivity contribution < 1.29 is 4.79 Å². The van der Waals surface area contributed by atoms with Crippen LogP contribution in [0.5, 0.6) is 0 Å². The molecule has 22 heavy (non-hydrogen) atoms. The number of hydrogen-bond acceptors (Lipinski definition) is 4. The second-order valence-electron chi connectivity index (χ2n) is 6.31. The zero-order valence-electron chi connectivity index (χ0n) is 13.4. The first-order valence-corrected chi connectivity index (χ1v) is 7.92. The number of nitrogens with zero attached hydrogens (tertiary/aromatic N) is 4. The first-order valence-electron chi connectivity index (χ1n) is 7.92. The fourth-order valence-electron chi connectivity index (χ4n) is 3.06. The van der Waals surface area contributed by atoms with Crippen molar-refractivity contribution in [3.8, 4) is 0 Å². The molecule has 118 valence electrons. The molecule has 1 aliphatic heterocycles. The highest BCUT2D eigenvalue weighted by atomic mass is 16.2. The molecule has 0 aliphatic carbocycles. The molecular formula is C16H23N5O. The van der Waals surface area contributed by atoms with E-state index in [0.717, 1.165) is 36.7 Å². The average Bonchev–Trinajstić information content (AvgIpc) is 2.92. The Labute approximate surface area is 130 Å². The minimum Gasteiger partial charge on any atom is -0.354 e. The van der Waals surface area contributed by atoms with Gasteiger partial charge in [-0.3, -0.25) is 9.20 Å². The van der Waals surface area contributed by atoms with Crippen molar-refractivity contribution in [3.63, 3.8) is 0 Å². The molecule has 0 aromatic carbocycles. The van der Waals surface area contributed by atoms with Crippen LogP contribution in [-0.2, 0) is 4.79 Å². The zero-order chi connectivity index (χ0) is 15.7. The van der Waals surface area contributed by atoms with E-state index >= 15 is 0 Å². The van der Waals surface area contributed by atoms with Gasteiger partial charge in [-0.1, -0.05) is 6.07 Å². The Balaban J connectivity index is 1.83. The fourth-order valence-corrected chi connectivity index (χ4v) is 3.06. The van der Waals surface area contributed by atoms with Crippen LogP contribution in [0.3, 0.4) is 0 Å². The lowest BCUT2D eigenvalue weighted by Crippen LogP contribution is -2.45. The van der Waals surface area contributed by atoms with Crippen LogP contribution in [0.25, 0.3) is 5.65 Å². The van der Waals surface area contributed by atoms with Gasteiger partial charge in [-0.2, -0.15) is 0 Å². The molecule has 2 aromatic heterocycles. The van der Waals surface area contributed by atoms with Crippen LogP contribution in [0.15, 0.2) is 18.2 Å². The molecule has 0 bridgehead atoms. The molecule has 0 saturated carbocycles. The van der Waals surface area contributed by atoms with Gasteiger partial charge in [0.2, 0.25) is 11.9 Å². The second-order valence-corrected chi connectivity index (χ2v) is 6.31. The number of pyridine rings is 1. The Morgan fingerprint density at radius 1 is 1.36 bits per heavy atom. The third kappa shape index (κ3) is 2.77. The van der Waals surface area contributed by atoms with Gasteiger partial charge in [-0.05, 0) is 45.7 Å². The largest absolute Gasteiger partial charge is 0.354 e. The van der Waals surface area contributed by atoms with Crippen LogP contribution in [0.1, 0.15) is 32.4 Å². The number of nitrogens with one attached hydrogen (secondary N) is 1. The molecule has 0 spiro atoms. The van der Waals surface area contributed by atoms with Crippen molar-refractivity contribution >= 4 is 17.5 Å². The monoisotopic (exact) mass is 301 g/mol. The minimum absolute atomic E-state index is 0.0209. The molecule has 1 amide bonds. The van der Waals surface area contributed by atoms with Crippen molar-refractivity contribution in [1.82, 2.24) is 19.9 Å². The lowest BCUT2D eigenvalue weighted by atomic mass is 9.97. The summed E-state index contributed by atoms with van der Waals surface area (Å²) in [5.74, 6) is 1.01. The third-order valence-corrected chi connectivity index (χ3v) is 4.11. The molecule has 3 heterocycles. The molecule has 6 nitrogen and oxygen atoms in total. The second kappa shape index (κ2) is 5.94. The van der Waals surface area contributed by atoms with Crippen molar-refractivity contribution in [2.45, 2.75) is 39.7 Å². The van der Waals surface area contributed by atoms with Crippen LogP contribution in [-0.4, -0.2) is 39.6 Å². The maximum absolute atomic E-state index is 12.3. The van der Waals surface area contributed by atoms with E-state index in [1.807, 2.05) is 39.0 Å². The molecule has 1 atom stereocenters. The summed E-state index contributed by atoms with van der Waals surface area (Å²) in [5, 5.41) is 11.6. The van der Waals surface area contributed by atoms with Crippen molar-refractivity contribution in [2.24, 2.45) is 5.92 Å². The number of aromatic nitrogens is 3. The van der Waals surface area contributed by atoms with Gasteiger partial charge in [0.05, 0.1) is 5.92 Å². The zero-order valence-corrected chi connectivity index (χ0v) is 13.4. The predicted octanol–water partition coefficient (Wildman–Crippen LogP) is 1.78. The summed E-state index contributed by atoms with van der Waals surface area (Å²) in [7, 11) is 0. The van der Waals surface area contributed by atoms with E-state index in [9.17, 15) is 4.79 Å². The van der Waals surface area contributed by atoms with Crippen molar-refractivity contribution in [3.05, 3.63) is 23.9 Å². The summed E-state index contributed by atoms with van der Waals surface area (Å²) in [4.78, 5) is 14.5. The number of amides is 1. The van der Waals surface area contributed by atoms with E-state index in [1.54, 1.807) is 0 Å². The van der Waals surface area contributed by atoms with Gasteiger partial charge in [0.15, 0.2) is 5.65 Å². The van der Waals surface area contributed by atoms with E-state index in [0.29, 0.717) is 6.54 Å². The number of carbonyl (C=O) groups excluding carboxylic acids is 1. The molecule has 6 heteroatoms. The Hall–Kier alpha value is -2.11. The molecule has 1 fully saturated rings. The topological polar surface area (TPSA) is 62.5 Å². The van der Waals surface area contributed by atoms with Gasteiger partial charge < -0.3 is 10.2 Å². The average molecular weight is 301 g/mol. The SMILES string of the molecule is Cc1cccc2nnc(N3CCCC(C(=O)NC(C)C)C3)n12. The van der Waals surface area contributed by atoms with Gasteiger partial charge in [-0.15, -0.1) is 10.2 Å². The maximum atomic E-state index is 12.3. The Morgan fingerprint density at radius 2 is 2.18 bits per heavy atom. The third-order valence-electron chi connectivity index (χ3n) is 4.11. The first kappa shape index (κ1) is 14.8. The molecule has 1 saturated heterocycles. The number of piperidine rings is 1.